The van der Waals surface area contributed by atoms with Crippen molar-refractivity contribution in [3.05, 3.63) is 23.8 Å². The first-order valence-corrected chi connectivity index (χ1v) is 13.4. The molecule has 8 nitrogen and oxygen atoms in total. The number of fused-ring (bicyclic) bond motifs is 1. The van der Waals surface area contributed by atoms with Crippen molar-refractivity contribution in [3.63, 3.8) is 0 Å². The van der Waals surface area contributed by atoms with Crippen molar-refractivity contribution in [1.29, 1.82) is 0 Å². The number of benzene rings is 1. The number of hydrogen-bond donors (Lipinski definition) is 1. The van der Waals surface area contributed by atoms with Gasteiger partial charge < -0.3 is 24.6 Å². The van der Waals surface area contributed by atoms with E-state index in [0.717, 1.165) is 38.5 Å². The Hall–Kier alpha value is -2.61. The average Bonchev–Trinajstić information content (AvgIpc) is 3.49. The fraction of sp³-hybridized carbons (Fsp3) is 0.679. The Morgan fingerprint density at radius 2 is 1.83 bits per heavy atom. The van der Waals surface area contributed by atoms with Gasteiger partial charge in [-0.05, 0) is 50.7 Å². The molecule has 198 valence electrons. The predicted octanol–water partition coefficient (Wildman–Crippen LogP) is 3.95. The molecule has 0 radical (unpaired) electrons. The molecule has 0 saturated heterocycles. The van der Waals surface area contributed by atoms with Gasteiger partial charge >= 0.3 is 0 Å². The van der Waals surface area contributed by atoms with Crippen molar-refractivity contribution >= 4 is 23.4 Å². The van der Waals surface area contributed by atoms with E-state index in [1.807, 2.05) is 11.8 Å². The summed E-state index contributed by atoms with van der Waals surface area (Å²) in [7, 11) is 3.41. The van der Waals surface area contributed by atoms with Crippen molar-refractivity contribution in [1.82, 2.24) is 9.80 Å². The Morgan fingerprint density at radius 3 is 2.50 bits per heavy atom. The van der Waals surface area contributed by atoms with Gasteiger partial charge in [0.1, 0.15) is 12.4 Å². The second-order valence-corrected chi connectivity index (χ2v) is 11.0. The normalized spacial score (nSPS) is 26.0. The highest BCUT2D eigenvalue weighted by molar-refractivity contribution is 5.98. The Kier molecular flexibility index (Phi) is 8.54. The molecule has 1 aromatic rings. The number of hydrogen-bond acceptors (Lipinski definition) is 5. The largest absolute Gasteiger partial charge is 0.491 e. The van der Waals surface area contributed by atoms with Crippen LogP contribution in [0.25, 0.3) is 0 Å². The molecule has 1 N–H and O–H groups in total. The fourth-order valence-electron chi connectivity index (χ4n) is 5.32. The van der Waals surface area contributed by atoms with Crippen LogP contribution in [0.3, 0.4) is 0 Å². The maximum atomic E-state index is 13.4. The van der Waals surface area contributed by atoms with Gasteiger partial charge in [-0.25, -0.2) is 0 Å². The summed E-state index contributed by atoms with van der Waals surface area (Å²) in [6, 6.07) is 5.04. The predicted molar refractivity (Wildman–Crippen MR) is 138 cm³/mol. The highest BCUT2D eigenvalue weighted by Gasteiger charge is 2.33. The molecule has 0 spiro atoms. The minimum Gasteiger partial charge on any atom is -0.491 e. The van der Waals surface area contributed by atoms with Crippen molar-refractivity contribution in [3.8, 4) is 5.75 Å². The minimum atomic E-state index is -0.212. The molecule has 2 aliphatic carbocycles. The number of methoxy groups -OCH3 is 1. The zero-order valence-electron chi connectivity index (χ0n) is 22.1. The number of carbonyl (C=O) groups excluding carboxylic acids is 3. The van der Waals surface area contributed by atoms with E-state index >= 15 is 0 Å². The van der Waals surface area contributed by atoms with E-state index in [1.54, 1.807) is 37.3 Å². The monoisotopic (exact) mass is 499 g/mol. The zero-order valence-corrected chi connectivity index (χ0v) is 22.1. The van der Waals surface area contributed by atoms with Crippen LogP contribution in [0.1, 0.15) is 69.2 Å². The maximum absolute atomic E-state index is 13.4. The molecule has 8 heteroatoms. The van der Waals surface area contributed by atoms with Gasteiger partial charge in [-0.3, -0.25) is 14.4 Å². The van der Waals surface area contributed by atoms with Gasteiger partial charge in [0.25, 0.3) is 5.91 Å². The molecule has 2 fully saturated rings. The van der Waals surface area contributed by atoms with Crippen molar-refractivity contribution in [2.45, 2.75) is 70.9 Å². The number of nitrogens with zero attached hydrogens (tertiary/aromatic N) is 2. The Bertz CT molecular complexity index is 957. The molecular weight excluding hydrogens is 458 g/mol. The van der Waals surface area contributed by atoms with Crippen LogP contribution in [-0.2, 0) is 14.3 Å². The molecule has 2 saturated carbocycles. The summed E-state index contributed by atoms with van der Waals surface area (Å²) in [6.45, 7) is 5.25. The minimum absolute atomic E-state index is 0.0196. The smallest absolute Gasteiger partial charge is 0.257 e. The fourth-order valence-corrected chi connectivity index (χ4v) is 5.32. The zero-order chi connectivity index (χ0) is 25.8. The quantitative estimate of drug-likeness (QED) is 0.663. The molecule has 3 atom stereocenters. The van der Waals surface area contributed by atoms with Gasteiger partial charge in [0.2, 0.25) is 11.8 Å². The van der Waals surface area contributed by atoms with E-state index < -0.39 is 0 Å². The summed E-state index contributed by atoms with van der Waals surface area (Å²) in [5, 5.41) is 3.01. The SMILES string of the molecule is CO[C@H]1CN(C)C(=O)c2ccc(NC(=O)C3CCCC3)cc2OC[C@H](C)N(C(=O)CC2CC2)C[C@@H]1C. The van der Waals surface area contributed by atoms with Crippen molar-refractivity contribution in [2.75, 3.05) is 39.2 Å². The molecule has 36 heavy (non-hydrogen) atoms. The number of likely N-dealkylation sites (N-methyl/N-ethyl adjacent to an activating group) is 1. The Balaban J connectivity index is 1.59. The second kappa shape index (κ2) is 11.6. The van der Waals surface area contributed by atoms with E-state index in [-0.39, 0.29) is 48.3 Å². The van der Waals surface area contributed by atoms with Gasteiger partial charge in [0.15, 0.2) is 0 Å². The topological polar surface area (TPSA) is 88.2 Å². The molecule has 3 amide bonds. The summed E-state index contributed by atoms with van der Waals surface area (Å²) in [6.07, 6.45) is 6.60. The third-order valence-corrected chi connectivity index (χ3v) is 7.92. The number of ether oxygens (including phenoxy) is 2. The lowest BCUT2D eigenvalue weighted by atomic mass is 10.0. The van der Waals surface area contributed by atoms with Crippen LogP contribution in [0.4, 0.5) is 5.69 Å². The summed E-state index contributed by atoms with van der Waals surface area (Å²) in [4.78, 5) is 42.8. The van der Waals surface area contributed by atoms with E-state index in [9.17, 15) is 14.4 Å². The molecule has 0 bridgehead atoms. The van der Waals surface area contributed by atoms with Gasteiger partial charge in [0.05, 0.1) is 17.7 Å². The standard InChI is InChI=1S/C28H41N3O5/c1-18-15-31(26(32)13-20-9-10-20)19(2)17-36-24-14-22(29-27(33)21-7-5-6-8-21)11-12-23(24)28(34)30(3)16-25(18)35-4/h11-12,14,18-21,25H,5-10,13,15-17H2,1-4H3,(H,29,33)/t18-,19-,25-/m0/s1. The van der Waals surface area contributed by atoms with Crippen LogP contribution in [-0.4, -0.2) is 73.5 Å². The molecule has 3 aliphatic rings. The van der Waals surface area contributed by atoms with Crippen molar-refractivity contribution in [2.24, 2.45) is 17.8 Å². The van der Waals surface area contributed by atoms with E-state index in [2.05, 4.69) is 12.2 Å². The molecule has 1 aromatic carbocycles. The highest BCUT2D eigenvalue weighted by atomic mass is 16.5. The number of rotatable bonds is 5. The number of nitrogens with one attached hydrogen (secondary N) is 1. The van der Waals surface area contributed by atoms with Crippen LogP contribution in [0.2, 0.25) is 0 Å². The van der Waals surface area contributed by atoms with Crippen LogP contribution < -0.4 is 10.1 Å². The summed E-state index contributed by atoms with van der Waals surface area (Å²) in [5.74, 6) is 1.00. The first-order valence-electron chi connectivity index (χ1n) is 13.4. The third-order valence-electron chi connectivity index (χ3n) is 7.92. The number of carbonyl (C=O) groups is 3. The van der Waals surface area contributed by atoms with Crippen LogP contribution in [0.15, 0.2) is 18.2 Å². The second-order valence-electron chi connectivity index (χ2n) is 11.0. The molecular formula is C28H41N3O5. The molecule has 1 aliphatic heterocycles. The summed E-state index contributed by atoms with van der Waals surface area (Å²) < 4.78 is 12.0. The lowest BCUT2D eigenvalue weighted by Gasteiger charge is -2.36. The number of amides is 3. The molecule has 4 rings (SSSR count). The third kappa shape index (κ3) is 6.38. The van der Waals surface area contributed by atoms with Gasteiger partial charge in [0, 0.05) is 57.3 Å². The van der Waals surface area contributed by atoms with Gasteiger partial charge in [-0.15, -0.1) is 0 Å². The van der Waals surface area contributed by atoms with E-state index in [4.69, 9.17) is 9.47 Å². The Labute approximate surface area is 214 Å². The van der Waals surface area contributed by atoms with Crippen LogP contribution >= 0.6 is 0 Å². The average molecular weight is 500 g/mol. The first kappa shape index (κ1) is 26.5. The van der Waals surface area contributed by atoms with Crippen LogP contribution in [0.5, 0.6) is 5.75 Å². The van der Waals surface area contributed by atoms with E-state index in [1.165, 1.54) is 0 Å². The first-order chi connectivity index (χ1) is 17.3. The summed E-state index contributed by atoms with van der Waals surface area (Å²) in [5.41, 5.74) is 1.05. The molecule has 0 unspecified atom stereocenters. The van der Waals surface area contributed by atoms with E-state index in [0.29, 0.717) is 42.4 Å². The van der Waals surface area contributed by atoms with Gasteiger partial charge in [-0.2, -0.15) is 0 Å². The van der Waals surface area contributed by atoms with Crippen molar-refractivity contribution < 1.29 is 23.9 Å². The maximum Gasteiger partial charge on any atom is 0.257 e. The Morgan fingerprint density at radius 1 is 1.11 bits per heavy atom. The lowest BCUT2D eigenvalue weighted by Crippen LogP contribution is -2.48. The van der Waals surface area contributed by atoms with Gasteiger partial charge in [-0.1, -0.05) is 19.8 Å². The van der Waals surface area contributed by atoms with Crippen LogP contribution in [0, 0.1) is 17.8 Å². The molecule has 1 heterocycles. The number of anilines is 1. The highest BCUT2D eigenvalue weighted by Crippen LogP contribution is 2.34. The summed E-state index contributed by atoms with van der Waals surface area (Å²) >= 11 is 0. The lowest BCUT2D eigenvalue weighted by molar-refractivity contribution is -0.135. The molecule has 0 aromatic heterocycles.